The fourth-order valence-corrected chi connectivity index (χ4v) is 4.47. The molecule has 0 fully saturated rings. The van der Waals surface area contributed by atoms with E-state index in [2.05, 4.69) is 10.4 Å². The number of rotatable bonds is 6. The Bertz CT molecular complexity index is 1670. The van der Waals surface area contributed by atoms with Crippen molar-refractivity contribution in [3.05, 3.63) is 108 Å². The molecule has 39 heavy (non-hydrogen) atoms. The van der Waals surface area contributed by atoms with Crippen LogP contribution in [-0.2, 0) is 0 Å². The van der Waals surface area contributed by atoms with Crippen LogP contribution < -0.4 is 20.9 Å². The number of carbonyl (C=O) groups excluding carboxylic acids is 2. The molecule has 3 N–H and O–H groups in total. The van der Waals surface area contributed by atoms with Gasteiger partial charge in [-0.2, -0.15) is 5.10 Å². The molecular formula is C31H30N6O2. The summed E-state index contributed by atoms with van der Waals surface area (Å²) in [6.45, 7) is 1.88. The summed E-state index contributed by atoms with van der Waals surface area (Å²) in [5.74, 6) is -0.275. The lowest BCUT2D eigenvalue weighted by Gasteiger charge is -2.19. The van der Waals surface area contributed by atoms with Crippen molar-refractivity contribution in [3.8, 4) is 5.69 Å². The Morgan fingerprint density at radius 2 is 1.54 bits per heavy atom. The second kappa shape index (κ2) is 10.3. The largest absolute Gasteiger partial charge is 0.399 e. The van der Waals surface area contributed by atoms with Gasteiger partial charge in [0.2, 0.25) is 0 Å². The van der Waals surface area contributed by atoms with Crippen LogP contribution in [-0.4, -0.2) is 42.7 Å². The Hall–Kier alpha value is -5.11. The zero-order valence-electron chi connectivity index (χ0n) is 22.3. The fourth-order valence-electron chi connectivity index (χ4n) is 4.47. The van der Waals surface area contributed by atoms with E-state index >= 15 is 0 Å². The van der Waals surface area contributed by atoms with Gasteiger partial charge in [0, 0.05) is 60.4 Å². The third kappa shape index (κ3) is 5.17. The third-order valence-corrected chi connectivity index (χ3v) is 6.74. The first-order chi connectivity index (χ1) is 18.7. The average Bonchev–Trinajstić information content (AvgIpc) is 3.35. The summed E-state index contributed by atoms with van der Waals surface area (Å²) >= 11 is 0. The first kappa shape index (κ1) is 25.5. The van der Waals surface area contributed by atoms with Crippen molar-refractivity contribution in [2.75, 3.05) is 42.0 Å². The maximum atomic E-state index is 13.0. The molecule has 5 rings (SSSR count). The molecule has 8 nitrogen and oxygen atoms in total. The monoisotopic (exact) mass is 518 g/mol. The van der Waals surface area contributed by atoms with Crippen LogP contribution in [0.25, 0.3) is 16.6 Å². The highest BCUT2D eigenvalue weighted by Crippen LogP contribution is 2.25. The first-order valence-electron chi connectivity index (χ1n) is 12.5. The zero-order chi connectivity index (χ0) is 27.7. The van der Waals surface area contributed by atoms with Gasteiger partial charge in [0.1, 0.15) is 0 Å². The van der Waals surface area contributed by atoms with Crippen molar-refractivity contribution in [1.29, 1.82) is 0 Å². The molecule has 0 radical (unpaired) electrons. The number of nitrogens with two attached hydrogens (primary N) is 1. The molecule has 196 valence electrons. The van der Waals surface area contributed by atoms with Crippen molar-refractivity contribution in [2.24, 2.45) is 0 Å². The summed E-state index contributed by atoms with van der Waals surface area (Å²) in [6.07, 6.45) is 1.77. The standard InChI is InChI=1S/C31H30N6O2/c1-20-17-23(32)7-15-28(20)31(39)36(4)26-11-13-27(14-12-26)37-29-16-8-24(18-22(29)19-33-37)34-30(38)21-5-9-25(10-6-21)35(2)3/h5-19H,32H2,1-4H3,(H,34,38). The summed E-state index contributed by atoms with van der Waals surface area (Å²) < 4.78 is 1.83. The van der Waals surface area contributed by atoms with Crippen LogP contribution in [0.5, 0.6) is 0 Å². The SMILES string of the molecule is Cc1cc(N)ccc1C(=O)N(C)c1ccc(-n2ncc3cc(NC(=O)c4ccc(N(C)C)cc4)ccc32)cc1. The number of aryl methyl sites for hydroxylation is 1. The maximum absolute atomic E-state index is 13.0. The summed E-state index contributed by atoms with van der Waals surface area (Å²) in [4.78, 5) is 29.4. The van der Waals surface area contributed by atoms with Crippen molar-refractivity contribution in [1.82, 2.24) is 9.78 Å². The minimum Gasteiger partial charge on any atom is -0.399 e. The molecule has 0 atom stereocenters. The van der Waals surface area contributed by atoms with Gasteiger partial charge in [-0.3, -0.25) is 9.59 Å². The summed E-state index contributed by atoms with van der Waals surface area (Å²) in [7, 11) is 5.67. The molecule has 0 bridgehead atoms. The number of benzene rings is 4. The maximum Gasteiger partial charge on any atom is 0.258 e. The van der Waals surface area contributed by atoms with Crippen LogP contribution in [0.15, 0.2) is 91.1 Å². The van der Waals surface area contributed by atoms with E-state index < -0.39 is 0 Å². The summed E-state index contributed by atoms with van der Waals surface area (Å²) in [5, 5.41) is 8.41. The highest BCUT2D eigenvalue weighted by atomic mass is 16.2. The second-order valence-electron chi connectivity index (χ2n) is 9.68. The van der Waals surface area contributed by atoms with E-state index in [0.717, 1.165) is 33.5 Å². The molecule has 0 saturated carbocycles. The van der Waals surface area contributed by atoms with E-state index in [9.17, 15) is 9.59 Å². The molecule has 0 spiro atoms. The molecule has 0 aliphatic rings. The van der Waals surface area contributed by atoms with E-state index in [1.54, 1.807) is 36.3 Å². The number of nitrogens with zero attached hydrogens (tertiary/aromatic N) is 4. The van der Waals surface area contributed by atoms with E-state index in [4.69, 9.17) is 5.73 Å². The highest BCUT2D eigenvalue weighted by molar-refractivity contribution is 6.07. The lowest BCUT2D eigenvalue weighted by molar-refractivity contribution is 0.0990. The van der Waals surface area contributed by atoms with Crippen molar-refractivity contribution < 1.29 is 9.59 Å². The topological polar surface area (TPSA) is 96.5 Å². The number of carbonyl (C=O) groups is 2. The minimum atomic E-state index is -0.171. The molecule has 2 amide bonds. The fraction of sp³-hybridized carbons (Fsp3) is 0.129. The van der Waals surface area contributed by atoms with E-state index in [1.807, 2.05) is 97.3 Å². The first-order valence-corrected chi connectivity index (χ1v) is 12.5. The van der Waals surface area contributed by atoms with Gasteiger partial charge in [-0.05, 0) is 97.4 Å². The van der Waals surface area contributed by atoms with Crippen LogP contribution in [0, 0.1) is 6.92 Å². The number of hydrogen-bond acceptors (Lipinski definition) is 5. The van der Waals surface area contributed by atoms with E-state index in [0.29, 0.717) is 22.5 Å². The van der Waals surface area contributed by atoms with Crippen molar-refractivity contribution >= 4 is 45.5 Å². The Balaban J connectivity index is 1.32. The minimum absolute atomic E-state index is 0.104. The Labute approximate surface area is 227 Å². The number of hydrogen-bond donors (Lipinski definition) is 2. The zero-order valence-corrected chi connectivity index (χ0v) is 22.3. The number of aromatic nitrogens is 2. The number of fused-ring (bicyclic) bond motifs is 1. The van der Waals surface area contributed by atoms with E-state index in [1.165, 1.54) is 0 Å². The molecule has 5 aromatic rings. The van der Waals surface area contributed by atoms with Gasteiger partial charge in [-0.25, -0.2) is 4.68 Å². The molecule has 0 unspecified atom stereocenters. The Morgan fingerprint density at radius 3 is 2.21 bits per heavy atom. The van der Waals surface area contributed by atoms with Crippen molar-refractivity contribution in [2.45, 2.75) is 6.92 Å². The van der Waals surface area contributed by atoms with Crippen LogP contribution in [0.3, 0.4) is 0 Å². The van der Waals surface area contributed by atoms with Gasteiger partial charge in [0.05, 0.1) is 17.4 Å². The lowest BCUT2D eigenvalue weighted by atomic mass is 10.1. The number of amides is 2. The molecule has 8 heteroatoms. The summed E-state index contributed by atoms with van der Waals surface area (Å²) in [5.41, 5.74) is 12.7. The highest BCUT2D eigenvalue weighted by Gasteiger charge is 2.16. The molecule has 0 aliphatic carbocycles. The average molecular weight is 519 g/mol. The smallest absolute Gasteiger partial charge is 0.258 e. The third-order valence-electron chi connectivity index (χ3n) is 6.74. The molecule has 1 aromatic heterocycles. The quantitative estimate of drug-likeness (QED) is 0.289. The number of nitrogen functional groups attached to an aromatic ring is 1. The Morgan fingerprint density at radius 1 is 0.846 bits per heavy atom. The van der Waals surface area contributed by atoms with Crippen LogP contribution >= 0.6 is 0 Å². The summed E-state index contributed by atoms with van der Waals surface area (Å²) in [6, 6.07) is 26.1. The molecule has 4 aromatic carbocycles. The second-order valence-corrected chi connectivity index (χ2v) is 9.68. The Kier molecular flexibility index (Phi) is 6.77. The van der Waals surface area contributed by atoms with Gasteiger partial charge in [-0.15, -0.1) is 0 Å². The molecular weight excluding hydrogens is 488 g/mol. The van der Waals surface area contributed by atoms with Crippen molar-refractivity contribution in [3.63, 3.8) is 0 Å². The van der Waals surface area contributed by atoms with Gasteiger partial charge in [0.25, 0.3) is 11.8 Å². The number of nitrogens with one attached hydrogen (secondary N) is 1. The van der Waals surface area contributed by atoms with Crippen LogP contribution in [0.4, 0.5) is 22.7 Å². The van der Waals surface area contributed by atoms with Crippen LogP contribution in [0.2, 0.25) is 0 Å². The molecule has 0 saturated heterocycles. The van der Waals surface area contributed by atoms with E-state index in [-0.39, 0.29) is 11.8 Å². The van der Waals surface area contributed by atoms with Gasteiger partial charge in [0.15, 0.2) is 0 Å². The van der Waals surface area contributed by atoms with Gasteiger partial charge >= 0.3 is 0 Å². The predicted octanol–water partition coefficient (Wildman–Crippen LogP) is 5.51. The molecule has 1 heterocycles. The van der Waals surface area contributed by atoms with Gasteiger partial charge < -0.3 is 20.9 Å². The molecule has 0 aliphatic heterocycles. The normalized spacial score (nSPS) is 10.9. The number of anilines is 4. The van der Waals surface area contributed by atoms with Crippen LogP contribution in [0.1, 0.15) is 26.3 Å². The van der Waals surface area contributed by atoms with Gasteiger partial charge in [-0.1, -0.05) is 0 Å². The predicted molar refractivity (Wildman–Crippen MR) is 158 cm³/mol. The lowest BCUT2D eigenvalue weighted by Crippen LogP contribution is -2.26.